The molecular weight excluding hydrogens is 489 g/mol. The van der Waals surface area contributed by atoms with E-state index in [9.17, 15) is 8.42 Å². The zero-order valence-electron chi connectivity index (χ0n) is 17.6. The van der Waals surface area contributed by atoms with Crippen LogP contribution in [0.4, 0.5) is 0 Å². The zero-order valence-corrected chi connectivity index (χ0v) is 20.7. The molecule has 3 aliphatic rings. The summed E-state index contributed by atoms with van der Waals surface area (Å²) in [6.45, 7) is 4.98. The number of hydrogen-bond donors (Lipinski definition) is 2. The van der Waals surface area contributed by atoms with Gasteiger partial charge in [0.25, 0.3) is 0 Å². The summed E-state index contributed by atoms with van der Waals surface area (Å²) in [4.78, 5) is 7.43. The number of fused-ring (bicyclic) bond motifs is 2. The maximum absolute atomic E-state index is 11.6. The molecule has 0 aromatic carbocycles. The van der Waals surface area contributed by atoms with E-state index in [2.05, 4.69) is 29.5 Å². The molecule has 0 aromatic rings. The highest BCUT2D eigenvalue weighted by Gasteiger charge is 2.36. The summed E-state index contributed by atoms with van der Waals surface area (Å²) < 4.78 is 24.9. The van der Waals surface area contributed by atoms with Crippen LogP contribution in [0.1, 0.15) is 51.9 Å². The number of rotatable bonds is 5. The van der Waals surface area contributed by atoms with Gasteiger partial charge in [0.05, 0.1) is 6.26 Å². The van der Waals surface area contributed by atoms with Crippen molar-refractivity contribution in [3.63, 3.8) is 0 Å². The number of hydrogen-bond acceptors (Lipinski definition) is 4. The molecule has 0 aromatic heterocycles. The van der Waals surface area contributed by atoms with Crippen LogP contribution in [0.5, 0.6) is 0 Å². The second-order valence-corrected chi connectivity index (χ2v) is 10.5. The number of aliphatic imine (C=N–C) groups is 1. The number of nitrogens with one attached hydrogen (secondary N) is 2. The van der Waals surface area contributed by atoms with Gasteiger partial charge in [-0.2, -0.15) is 0 Å². The first kappa shape index (κ1) is 24.1. The van der Waals surface area contributed by atoms with Crippen LogP contribution < -0.4 is 10.6 Å². The molecule has 3 saturated heterocycles. The highest BCUT2D eigenvalue weighted by molar-refractivity contribution is 14.0. The normalized spacial score (nSPS) is 30.5. The second-order valence-electron chi connectivity index (χ2n) is 8.54. The Balaban J connectivity index is 0.00000280. The van der Waals surface area contributed by atoms with Gasteiger partial charge in [-0.25, -0.2) is 12.7 Å². The molecule has 3 aliphatic heterocycles. The van der Waals surface area contributed by atoms with Gasteiger partial charge in [0.2, 0.25) is 10.0 Å². The molecule has 3 rings (SSSR count). The van der Waals surface area contributed by atoms with Crippen molar-refractivity contribution in [2.45, 2.75) is 70.0 Å². The van der Waals surface area contributed by atoms with Crippen molar-refractivity contribution in [1.82, 2.24) is 19.8 Å². The Hall–Kier alpha value is -0.130. The monoisotopic (exact) mass is 527 g/mol. The Bertz CT molecular complexity index is 608. The smallest absolute Gasteiger partial charge is 0.211 e. The van der Waals surface area contributed by atoms with Gasteiger partial charge in [-0.1, -0.05) is 6.42 Å². The summed E-state index contributed by atoms with van der Waals surface area (Å²) in [7, 11) is -0.767. The number of piperidine rings is 3. The Morgan fingerprint density at radius 2 is 1.71 bits per heavy atom. The van der Waals surface area contributed by atoms with Crippen molar-refractivity contribution in [3.05, 3.63) is 0 Å². The van der Waals surface area contributed by atoms with Crippen molar-refractivity contribution < 1.29 is 8.42 Å². The van der Waals surface area contributed by atoms with Crippen LogP contribution in [-0.2, 0) is 10.0 Å². The number of sulfonamides is 1. The lowest BCUT2D eigenvalue weighted by Crippen LogP contribution is -2.56. The van der Waals surface area contributed by atoms with Gasteiger partial charge in [0.15, 0.2) is 5.96 Å². The molecule has 2 unspecified atom stereocenters. The summed E-state index contributed by atoms with van der Waals surface area (Å²) in [5, 5.41) is 7.08. The molecule has 2 atom stereocenters. The molecular formula is C19H38IN5O2S. The first-order chi connectivity index (χ1) is 12.9. The Labute approximate surface area is 188 Å². The van der Waals surface area contributed by atoms with Gasteiger partial charge in [0.1, 0.15) is 0 Å². The van der Waals surface area contributed by atoms with E-state index in [1.165, 1.54) is 38.4 Å². The number of nitrogens with zero attached hydrogens (tertiary/aromatic N) is 3. The van der Waals surface area contributed by atoms with E-state index in [0.717, 1.165) is 31.9 Å². The molecule has 7 nitrogen and oxygen atoms in total. The average molecular weight is 528 g/mol. The third kappa shape index (κ3) is 6.43. The molecule has 3 heterocycles. The molecule has 9 heteroatoms. The molecule has 2 bridgehead atoms. The molecule has 0 aliphatic carbocycles. The van der Waals surface area contributed by atoms with E-state index in [1.807, 2.05) is 0 Å². The van der Waals surface area contributed by atoms with Gasteiger partial charge < -0.3 is 15.5 Å². The molecule has 0 amide bonds. The summed E-state index contributed by atoms with van der Waals surface area (Å²) in [5.74, 6) is 1.39. The molecule has 0 spiro atoms. The Morgan fingerprint density at radius 1 is 1.11 bits per heavy atom. The van der Waals surface area contributed by atoms with Crippen molar-refractivity contribution in [3.8, 4) is 0 Å². The lowest BCUT2D eigenvalue weighted by molar-refractivity contribution is 0.0526. The van der Waals surface area contributed by atoms with Crippen molar-refractivity contribution in [2.24, 2.45) is 10.9 Å². The van der Waals surface area contributed by atoms with E-state index in [4.69, 9.17) is 4.99 Å². The zero-order chi connectivity index (χ0) is 19.4. The lowest BCUT2D eigenvalue weighted by atomic mass is 9.82. The third-order valence-corrected chi connectivity index (χ3v) is 7.88. The fourth-order valence-corrected chi connectivity index (χ4v) is 5.77. The molecule has 28 heavy (non-hydrogen) atoms. The molecule has 164 valence electrons. The fourth-order valence-electron chi connectivity index (χ4n) is 4.89. The van der Waals surface area contributed by atoms with Crippen molar-refractivity contribution in [1.29, 1.82) is 0 Å². The topological polar surface area (TPSA) is 77.0 Å². The predicted octanol–water partition coefficient (Wildman–Crippen LogP) is 1.85. The maximum atomic E-state index is 11.6. The van der Waals surface area contributed by atoms with E-state index in [1.54, 1.807) is 4.31 Å². The standard InChI is InChI=1S/C19H37N5O2S.HI/c1-4-20-19(21-14-15-8-10-24(11-9-15)27(3,25)26)22-16-12-17-6-5-7-18(13-16)23(17)2;/h15-18H,4-14H2,1-3H3,(H2,20,21,22);1H. The highest BCUT2D eigenvalue weighted by atomic mass is 127. The highest BCUT2D eigenvalue weighted by Crippen LogP contribution is 2.32. The minimum atomic E-state index is -3.05. The van der Waals surface area contributed by atoms with Gasteiger partial charge in [-0.05, 0) is 58.4 Å². The Kier molecular flexibility index (Phi) is 9.28. The SMILES string of the molecule is CCNC(=NCC1CCN(S(C)(=O)=O)CC1)NC1CC2CCCC(C1)N2C.I. The van der Waals surface area contributed by atoms with Crippen LogP contribution >= 0.6 is 24.0 Å². The summed E-state index contributed by atoms with van der Waals surface area (Å²) in [6.07, 6.45) is 9.49. The van der Waals surface area contributed by atoms with Gasteiger partial charge in [-0.3, -0.25) is 4.99 Å². The molecule has 0 radical (unpaired) electrons. The molecule has 2 N–H and O–H groups in total. The van der Waals surface area contributed by atoms with E-state index >= 15 is 0 Å². The molecule has 3 fully saturated rings. The predicted molar refractivity (Wildman–Crippen MR) is 126 cm³/mol. The van der Waals surface area contributed by atoms with Crippen molar-refractivity contribution in [2.75, 3.05) is 39.5 Å². The Morgan fingerprint density at radius 3 is 2.25 bits per heavy atom. The van der Waals surface area contributed by atoms with E-state index in [0.29, 0.717) is 37.1 Å². The van der Waals surface area contributed by atoms with E-state index < -0.39 is 10.0 Å². The number of halogens is 1. The van der Waals surface area contributed by atoms with Crippen LogP contribution in [0.2, 0.25) is 0 Å². The lowest BCUT2D eigenvalue weighted by Gasteiger charge is -2.47. The minimum Gasteiger partial charge on any atom is -0.357 e. The number of guanidine groups is 1. The van der Waals surface area contributed by atoms with Gasteiger partial charge >= 0.3 is 0 Å². The van der Waals surface area contributed by atoms with Crippen LogP contribution in [0, 0.1) is 5.92 Å². The average Bonchev–Trinajstić information content (AvgIpc) is 2.60. The minimum absolute atomic E-state index is 0. The first-order valence-corrected chi connectivity index (χ1v) is 12.4. The van der Waals surface area contributed by atoms with Gasteiger partial charge in [0, 0.05) is 44.3 Å². The van der Waals surface area contributed by atoms with Gasteiger partial charge in [-0.15, -0.1) is 24.0 Å². The summed E-state index contributed by atoms with van der Waals surface area (Å²) in [5.41, 5.74) is 0. The van der Waals surface area contributed by atoms with Crippen LogP contribution in [0.15, 0.2) is 4.99 Å². The fraction of sp³-hybridized carbons (Fsp3) is 0.947. The first-order valence-electron chi connectivity index (χ1n) is 10.6. The molecule has 0 saturated carbocycles. The largest absolute Gasteiger partial charge is 0.357 e. The van der Waals surface area contributed by atoms with Crippen LogP contribution in [0.25, 0.3) is 0 Å². The van der Waals surface area contributed by atoms with Crippen molar-refractivity contribution >= 4 is 40.0 Å². The second kappa shape index (κ2) is 10.8. The van der Waals surface area contributed by atoms with Crippen LogP contribution in [-0.4, -0.2) is 81.2 Å². The third-order valence-electron chi connectivity index (χ3n) is 6.57. The van der Waals surface area contributed by atoms with Crippen LogP contribution in [0.3, 0.4) is 0 Å². The maximum Gasteiger partial charge on any atom is 0.211 e. The quantitative estimate of drug-likeness (QED) is 0.324. The summed E-state index contributed by atoms with van der Waals surface area (Å²) >= 11 is 0. The summed E-state index contributed by atoms with van der Waals surface area (Å²) in [6, 6.07) is 1.91. The van der Waals surface area contributed by atoms with E-state index in [-0.39, 0.29) is 24.0 Å².